The van der Waals surface area contributed by atoms with Crippen molar-refractivity contribution in [1.82, 2.24) is 4.90 Å². The average Bonchev–Trinajstić information content (AvgIpc) is 2.84. The SMILES string of the molecule is CN(C)[C@@H]1C(=O)C(C(N)=O)C(=O)[C@@]2(O)C(=O)C3C(=O)c4c(cc5ccc(NCC(C)(C)C)cc5c4O)C[C@H]3C[C@@H]12. The number of nitrogens with two attached hydrogens (primary N) is 1. The third kappa shape index (κ3) is 4.04. The monoisotopic (exact) mass is 549 g/mol. The molecule has 0 aromatic heterocycles. The number of nitrogens with one attached hydrogen (secondary N) is 1. The second kappa shape index (κ2) is 9.21. The molecule has 6 atom stereocenters. The van der Waals surface area contributed by atoms with E-state index in [2.05, 4.69) is 26.1 Å². The Morgan fingerprint density at radius 1 is 1.12 bits per heavy atom. The summed E-state index contributed by atoms with van der Waals surface area (Å²) in [6.07, 6.45) is 0.262. The van der Waals surface area contributed by atoms with Crippen LogP contribution >= 0.6 is 0 Å². The highest BCUT2D eigenvalue weighted by atomic mass is 16.3. The third-order valence-corrected chi connectivity index (χ3v) is 8.69. The van der Waals surface area contributed by atoms with E-state index in [1.54, 1.807) is 20.2 Å². The van der Waals surface area contributed by atoms with Crippen molar-refractivity contribution in [3.63, 3.8) is 0 Å². The molecule has 10 heteroatoms. The first-order chi connectivity index (χ1) is 18.6. The lowest BCUT2D eigenvalue weighted by Crippen LogP contribution is -2.74. The second-order valence-electron chi connectivity index (χ2n) is 12.9. The molecule has 3 aliphatic rings. The molecular weight excluding hydrogens is 514 g/mol. The van der Waals surface area contributed by atoms with Crippen LogP contribution in [0.25, 0.3) is 10.8 Å². The second-order valence-corrected chi connectivity index (χ2v) is 12.9. The molecule has 40 heavy (non-hydrogen) atoms. The molecule has 2 saturated carbocycles. The molecule has 5 rings (SSSR count). The molecule has 10 nitrogen and oxygen atoms in total. The van der Waals surface area contributed by atoms with Gasteiger partial charge in [-0.15, -0.1) is 0 Å². The fourth-order valence-electron chi connectivity index (χ4n) is 6.85. The van der Waals surface area contributed by atoms with E-state index < -0.39 is 64.4 Å². The Morgan fingerprint density at radius 2 is 1.80 bits per heavy atom. The van der Waals surface area contributed by atoms with E-state index in [4.69, 9.17) is 5.73 Å². The number of phenols is 1. The Balaban J connectivity index is 1.59. The Hall–Kier alpha value is -3.63. The number of carbonyl (C=O) groups excluding carboxylic acids is 5. The minimum absolute atomic E-state index is 0.00735. The molecule has 0 heterocycles. The van der Waals surface area contributed by atoms with Gasteiger partial charge in [0.05, 0.1) is 17.5 Å². The molecule has 1 amide bonds. The number of hydrogen-bond donors (Lipinski definition) is 4. The van der Waals surface area contributed by atoms with Crippen LogP contribution in [0.4, 0.5) is 5.69 Å². The van der Waals surface area contributed by atoms with Crippen molar-refractivity contribution in [3.05, 3.63) is 35.4 Å². The predicted octanol–water partition coefficient (Wildman–Crippen LogP) is 1.48. The lowest BCUT2D eigenvalue weighted by Gasteiger charge is -2.52. The number of rotatable bonds is 4. The molecule has 5 N–H and O–H groups in total. The molecule has 2 unspecified atom stereocenters. The number of ketones is 4. The maximum absolute atomic E-state index is 13.9. The molecule has 0 bridgehead atoms. The number of aliphatic hydroxyl groups is 1. The number of anilines is 1. The fraction of sp³-hybridized carbons (Fsp3) is 0.500. The largest absolute Gasteiger partial charge is 0.507 e. The number of likely N-dealkylation sites (N-methyl/N-ethyl adjacent to an activating group) is 1. The van der Waals surface area contributed by atoms with Crippen LogP contribution < -0.4 is 11.1 Å². The Morgan fingerprint density at radius 3 is 2.40 bits per heavy atom. The van der Waals surface area contributed by atoms with Gasteiger partial charge < -0.3 is 21.3 Å². The normalized spacial score (nSPS) is 30.2. The number of phenolic OH excluding ortho intramolecular Hbond substituents is 1. The van der Waals surface area contributed by atoms with Crippen molar-refractivity contribution in [3.8, 4) is 5.75 Å². The zero-order valence-electron chi connectivity index (χ0n) is 23.3. The van der Waals surface area contributed by atoms with Gasteiger partial charge in [-0.2, -0.15) is 0 Å². The van der Waals surface area contributed by atoms with E-state index in [1.807, 2.05) is 18.2 Å². The number of primary amides is 1. The first-order valence-electron chi connectivity index (χ1n) is 13.4. The van der Waals surface area contributed by atoms with Gasteiger partial charge in [0.1, 0.15) is 5.75 Å². The highest BCUT2D eigenvalue weighted by Crippen LogP contribution is 2.51. The molecule has 3 aliphatic carbocycles. The van der Waals surface area contributed by atoms with E-state index in [0.717, 1.165) is 11.1 Å². The number of aromatic hydroxyl groups is 1. The van der Waals surface area contributed by atoms with Gasteiger partial charge >= 0.3 is 0 Å². The molecule has 0 saturated heterocycles. The predicted molar refractivity (Wildman–Crippen MR) is 147 cm³/mol. The number of hydrogen-bond acceptors (Lipinski definition) is 9. The third-order valence-electron chi connectivity index (χ3n) is 8.69. The minimum atomic E-state index is -2.73. The van der Waals surface area contributed by atoms with Crippen LogP contribution in [-0.4, -0.2) is 76.4 Å². The van der Waals surface area contributed by atoms with Crippen LogP contribution in [0.3, 0.4) is 0 Å². The topological polar surface area (TPSA) is 167 Å². The molecule has 2 aromatic rings. The van der Waals surface area contributed by atoms with E-state index in [9.17, 15) is 34.2 Å². The van der Waals surface area contributed by atoms with Crippen LogP contribution in [0.2, 0.25) is 0 Å². The van der Waals surface area contributed by atoms with E-state index in [-0.39, 0.29) is 29.6 Å². The summed E-state index contributed by atoms with van der Waals surface area (Å²) in [7, 11) is 3.12. The van der Waals surface area contributed by atoms with Gasteiger partial charge in [-0.1, -0.05) is 32.9 Å². The Labute approximate surface area is 231 Å². The zero-order valence-corrected chi connectivity index (χ0v) is 23.3. The summed E-state index contributed by atoms with van der Waals surface area (Å²) in [5.41, 5.74) is 3.96. The minimum Gasteiger partial charge on any atom is -0.507 e. The molecule has 0 spiro atoms. The molecule has 0 radical (unpaired) electrons. The van der Waals surface area contributed by atoms with Crippen molar-refractivity contribution in [2.75, 3.05) is 26.0 Å². The van der Waals surface area contributed by atoms with Crippen molar-refractivity contribution >= 4 is 45.5 Å². The smallest absolute Gasteiger partial charge is 0.235 e. The van der Waals surface area contributed by atoms with Gasteiger partial charge in [0.15, 0.2) is 34.7 Å². The molecule has 0 aliphatic heterocycles. The van der Waals surface area contributed by atoms with E-state index in [1.165, 1.54) is 4.90 Å². The van der Waals surface area contributed by atoms with Crippen molar-refractivity contribution < 1.29 is 34.2 Å². The fourth-order valence-corrected chi connectivity index (χ4v) is 6.85. The summed E-state index contributed by atoms with van der Waals surface area (Å²) >= 11 is 0. The standard InChI is InChI=1S/C30H35N3O7/c1-29(2,3)12-32-16-7-6-13-8-14-9-15-10-18-22(33(4)5)25(36)21(28(31)39)27(38)30(18,40)26(37)20(15)24(35)19(14)23(34)17(13)11-16/h6-8,11,15,18,20-22,32,34,40H,9-10,12H2,1-5H3,(H2,31,39)/t15-,18-,20?,21?,22-,30-/m0/s1. The van der Waals surface area contributed by atoms with Crippen molar-refractivity contribution in [2.45, 2.75) is 45.3 Å². The average molecular weight is 550 g/mol. The maximum Gasteiger partial charge on any atom is 0.235 e. The van der Waals surface area contributed by atoms with Crippen molar-refractivity contribution in [2.24, 2.45) is 34.8 Å². The van der Waals surface area contributed by atoms with Gasteiger partial charge in [0, 0.05) is 23.5 Å². The first kappa shape index (κ1) is 27.9. The quantitative estimate of drug-likeness (QED) is 0.413. The summed E-state index contributed by atoms with van der Waals surface area (Å²) in [4.78, 5) is 68.0. The van der Waals surface area contributed by atoms with Crippen LogP contribution in [-0.2, 0) is 25.6 Å². The van der Waals surface area contributed by atoms with Crippen LogP contribution in [0.5, 0.6) is 5.75 Å². The number of amides is 1. The lowest BCUT2D eigenvalue weighted by molar-refractivity contribution is -0.181. The molecular formula is C30H35N3O7. The zero-order chi connectivity index (χ0) is 29.5. The highest BCUT2D eigenvalue weighted by molar-refractivity contribution is 6.32. The summed E-state index contributed by atoms with van der Waals surface area (Å²) in [5.74, 6) is -10.4. The van der Waals surface area contributed by atoms with E-state index in [0.29, 0.717) is 17.5 Å². The van der Waals surface area contributed by atoms with Crippen LogP contribution in [0, 0.1) is 29.1 Å². The number of carbonyl (C=O) groups is 5. The molecule has 2 aromatic carbocycles. The first-order valence-corrected chi connectivity index (χ1v) is 13.4. The van der Waals surface area contributed by atoms with Crippen LogP contribution in [0.15, 0.2) is 24.3 Å². The number of Topliss-reactive ketones (excluding diaryl/α,β-unsaturated/α-hetero) is 4. The lowest BCUT2D eigenvalue weighted by atomic mass is 9.52. The molecule has 212 valence electrons. The highest BCUT2D eigenvalue weighted by Gasteiger charge is 2.69. The number of benzene rings is 2. The van der Waals surface area contributed by atoms with Gasteiger partial charge in [0.25, 0.3) is 0 Å². The summed E-state index contributed by atoms with van der Waals surface area (Å²) in [5, 5.41) is 27.5. The maximum atomic E-state index is 13.9. The number of fused-ring (bicyclic) bond motifs is 4. The van der Waals surface area contributed by atoms with E-state index >= 15 is 0 Å². The molecule has 2 fully saturated rings. The summed E-state index contributed by atoms with van der Waals surface area (Å²) in [6.45, 7) is 6.94. The van der Waals surface area contributed by atoms with Gasteiger partial charge in [0.2, 0.25) is 5.91 Å². The van der Waals surface area contributed by atoms with Gasteiger partial charge in [-0.3, -0.25) is 28.9 Å². The Bertz CT molecular complexity index is 1490. The summed E-state index contributed by atoms with van der Waals surface area (Å²) in [6, 6.07) is 6.20. The summed E-state index contributed by atoms with van der Waals surface area (Å²) < 4.78 is 0. The number of nitrogens with zero attached hydrogens (tertiary/aromatic N) is 1. The van der Waals surface area contributed by atoms with Crippen molar-refractivity contribution in [1.29, 1.82) is 0 Å². The van der Waals surface area contributed by atoms with Crippen LogP contribution in [0.1, 0.15) is 43.1 Å². The Kier molecular flexibility index (Phi) is 6.43. The van der Waals surface area contributed by atoms with Gasteiger partial charge in [-0.25, -0.2) is 0 Å². The van der Waals surface area contributed by atoms with Gasteiger partial charge in [-0.05, 0) is 61.4 Å².